The van der Waals surface area contributed by atoms with Gasteiger partial charge in [0.15, 0.2) is 5.03 Å². The Balaban J connectivity index is 1.61. The van der Waals surface area contributed by atoms with E-state index in [4.69, 9.17) is 0 Å². The van der Waals surface area contributed by atoms with Crippen molar-refractivity contribution in [3.63, 3.8) is 0 Å². The number of aryl methyl sites for hydroxylation is 1. The highest BCUT2D eigenvalue weighted by Gasteiger charge is 2.31. The van der Waals surface area contributed by atoms with E-state index in [1.807, 2.05) is 25.1 Å². The average Bonchev–Trinajstić information content (AvgIpc) is 3.03. The maximum Gasteiger partial charge on any atom is 0.262 e. The fourth-order valence-electron chi connectivity index (χ4n) is 2.77. The largest absolute Gasteiger partial charge is 0.367 e. The Hall–Kier alpha value is -2.20. The Morgan fingerprint density at radius 2 is 1.92 bits per heavy atom. The van der Waals surface area contributed by atoms with Gasteiger partial charge in [-0.2, -0.15) is 4.31 Å². The molecule has 3 heterocycles. The van der Waals surface area contributed by atoms with Gasteiger partial charge in [-0.05, 0) is 12.8 Å². The second kappa shape index (κ2) is 6.96. The van der Waals surface area contributed by atoms with Crippen LogP contribution in [0, 0.1) is 0 Å². The number of rotatable bonds is 5. The van der Waals surface area contributed by atoms with Gasteiger partial charge in [0.2, 0.25) is 0 Å². The van der Waals surface area contributed by atoms with Crippen LogP contribution in [-0.2, 0) is 17.1 Å². The van der Waals surface area contributed by atoms with Crippen molar-refractivity contribution in [3.8, 4) is 0 Å². The molecule has 0 aliphatic carbocycles. The molecule has 1 aliphatic rings. The van der Waals surface area contributed by atoms with Gasteiger partial charge in [0.1, 0.15) is 18.0 Å². The molecule has 0 bridgehead atoms. The Kier molecular flexibility index (Phi) is 4.91. The van der Waals surface area contributed by atoms with Crippen molar-refractivity contribution in [3.05, 3.63) is 24.9 Å². The van der Waals surface area contributed by atoms with Crippen molar-refractivity contribution < 1.29 is 8.42 Å². The zero-order chi connectivity index (χ0) is 18.0. The fourth-order valence-corrected chi connectivity index (χ4v) is 4.21. The van der Waals surface area contributed by atoms with Crippen LogP contribution in [0.1, 0.15) is 12.8 Å². The van der Waals surface area contributed by atoms with Gasteiger partial charge in [-0.15, -0.1) is 0 Å². The lowest BCUT2D eigenvalue weighted by Gasteiger charge is -2.31. The first-order valence-corrected chi connectivity index (χ1v) is 9.54. The summed E-state index contributed by atoms with van der Waals surface area (Å²) >= 11 is 0. The topological polar surface area (TPSA) is 96.2 Å². The normalized spacial score (nSPS) is 16.8. The molecule has 2 aromatic heterocycles. The van der Waals surface area contributed by atoms with Crippen molar-refractivity contribution >= 4 is 21.7 Å². The van der Waals surface area contributed by atoms with Crippen LogP contribution in [0.3, 0.4) is 0 Å². The summed E-state index contributed by atoms with van der Waals surface area (Å²) in [7, 11) is 2.09. The molecule has 0 amide bonds. The second-order valence-corrected chi connectivity index (χ2v) is 8.24. The van der Waals surface area contributed by atoms with Crippen LogP contribution >= 0.6 is 0 Å². The molecule has 0 saturated carbocycles. The number of sulfonamides is 1. The minimum absolute atomic E-state index is 0.104. The number of nitrogens with one attached hydrogen (secondary N) is 1. The first-order chi connectivity index (χ1) is 11.9. The summed E-state index contributed by atoms with van der Waals surface area (Å²) in [6.07, 6.45) is 5.99. The predicted octanol–water partition coefficient (Wildman–Crippen LogP) is 0.541. The average molecular weight is 365 g/mol. The molecule has 25 heavy (non-hydrogen) atoms. The van der Waals surface area contributed by atoms with Gasteiger partial charge >= 0.3 is 0 Å². The maximum atomic E-state index is 12.6. The molecular weight excluding hydrogens is 342 g/mol. The number of hydrogen-bond acceptors (Lipinski definition) is 7. The zero-order valence-corrected chi connectivity index (χ0v) is 15.4. The van der Waals surface area contributed by atoms with E-state index in [2.05, 4.69) is 20.3 Å². The Bertz CT molecular complexity index is 826. The minimum atomic E-state index is -3.51. The lowest BCUT2D eigenvalue weighted by molar-refractivity contribution is 0.328. The van der Waals surface area contributed by atoms with Crippen molar-refractivity contribution in [1.29, 1.82) is 0 Å². The number of anilines is 2. The van der Waals surface area contributed by atoms with E-state index in [0.717, 1.165) is 11.6 Å². The third-order valence-corrected chi connectivity index (χ3v) is 5.99. The Labute approximate surface area is 147 Å². The zero-order valence-electron chi connectivity index (χ0n) is 14.6. The van der Waals surface area contributed by atoms with E-state index >= 15 is 0 Å². The van der Waals surface area contributed by atoms with Crippen molar-refractivity contribution in [1.82, 2.24) is 23.8 Å². The summed E-state index contributed by atoms with van der Waals surface area (Å²) in [4.78, 5) is 14.3. The molecule has 3 rings (SSSR count). The quantitative estimate of drug-likeness (QED) is 0.826. The molecule has 9 nitrogen and oxygen atoms in total. The summed E-state index contributed by atoms with van der Waals surface area (Å²) in [6.45, 7) is 0.921. The first-order valence-electron chi connectivity index (χ1n) is 8.10. The molecule has 1 fully saturated rings. The van der Waals surface area contributed by atoms with E-state index in [1.54, 1.807) is 11.6 Å². The molecule has 0 aromatic carbocycles. The molecule has 0 unspecified atom stereocenters. The van der Waals surface area contributed by atoms with E-state index < -0.39 is 10.0 Å². The number of nitrogens with zero attached hydrogens (tertiary/aromatic N) is 6. The summed E-state index contributed by atoms with van der Waals surface area (Å²) < 4.78 is 28.3. The Morgan fingerprint density at radius 1 is 1.20 bits per heavy atom. The van der Waals surface area contributed by atoms with Gasteiger partial charge in [0.25, 0.3) is 10.0 Å². The molecule has 136 valence electrons. The number of imidazole rings is 1. The minimum Gasteiger partial charge on any atom is -0.367 e. The monoisotopic (exact) mass is 365 g/mol. The van der Waals surface area contributed by atoms with Gasteiger partial charge < -0.3 is 14.8 Å². The molecule has 1 saturated heterocycles. The van der Waals surface area contributed by atoms with Crippen LogP contribution in [0.5, 0.6) is 0 Å². The lowest BCUT2D eigenvalue weighted by Crippen LogP contribution is -2.42. The highest BCUT2D eigenvalue weighted by Crippen LogP contribution is 2.22. The smallest absolute Gasteiger partial charge is 0.262 e. The highest BCUT2D eigenvalue weighted by atomic mass is 32.2. The molecule has 0 radical (unpaired) electrons. The van der Waals surface area contributed by atoms with E-state index in [0.29, 0.717) is 25.9 Å². The van der Waals surface area contributed by atoms with Gasteiger partial charge in [-0.1, -0.05) is 0 Å². The van der Waals surface area contributed by atoms with Crippen LogP contribution in [0.15, 0.2) is 29.9 Å². The maximum absolute atomic E-state index is 12.6. The third-order valence-electron chi connectivity index (χ3n) is 4.20. The fraction of sp³-hybridized carbons (Fsp3) is 0.533. The highest BCUT2D eigenvalue weighted by molar-refractivity contribution is 7.89. The number of hydrogen-bond donors (Lipinski definition) is 1. The van der Waals surface area contributed by atoms with Crippen molar-refractivity contribution in [2.75, 3.05) is 37.4 Å². The summed E-state index contributed by atoms with van der Waals surface area (Å²) in [5, 5.41) is 3.48. The summed E-state index contributed by atoms with van der Waals surface area (Å²) in [5.41, 5.74) is 0. The number of piperidine rings is 1. The summed E-state index contributed by atoms with van der Waals surface area (Å²) in [6, 6.07) is 2.07. The van der Waals surface area contributed by atoms with Crippen LogP contribution in [0.4, 0.5) is 11.6 Å². The van der Waals surface area contributed by atoms with Gasteiger partial charge in [0.05, 0.1) is 6.33 Å². The molecular formula is C15H23N7O2S. The van der Waals surface area contributed by atoms with E-state index in [-0.39, 0.29) is 11.1 Å². The predicted molar refractivity (Wildman–Crippen MR) is 95.0 cm³/mol. The Morgan fingerprint density at radius 3 is 2.52 bits per heavy atom. The SMILES string of the molecule is CN(C)c1cc(NC2CCN(S(=O)(=O)c3cn(C)cn3)CC2)ncn1. The van der Waals surface area contributed by atoms with E-state index in [1.165, 1.54) is 23.2 Å². The van der Waals surface area contributed by atoms with Crippen LogP contribution < -0.4 is 10.2 Å². The molecule has 10 heteroatoms. The van der Waals surface area contributed by atoms with Crippen LogP contribution in [0.25, 0.3) is 0 Å². The molecule has 0 spiro atoms. The standard InChI is InChI=1S/C15H23N7O2S/c1-20(2)14-8-13(16-10-17-14)19-12-4-6-22(7-5-12)25(23,24)15-9-21(3)11-18-15/h8-12H,4-7H2,1-3H3,(H,16,17,19). The van der Waals surface area contributed by atoms with E-state index in [9.17, 15) is 8.42 Å². The molecule has 1 aliphatic heterocycles. The first kappa shape index (κ1) is 17.6. The van der Waals surface area contributed by atoms with Gasteiger partial charge in [-0.25, -0.2) is 23.4 Å². The lowest BCUT2D eigenvalue weighted by atomic mass is 10.1. The second-order valence-electron chi connectivity index (χ2n) is 6.36. The van der Waals surface area contributed by atoms with Crippen molar-refractivity contribution in [2.45, 2.75) is 23.9 Å². The number of aromatic nitrogens is 4. The van der Waals surface area contributed by atoms with Gasteiger partial charge in [-0.3, -0.25) is 0 Å². The molecule has 0 atom stereocenters. The van der Waals surface area contributed by atoms with Gasteiger partial charge in [0, 0.05) is 52.5 Å². The van der Waals surface area contributed by atoms with Crippen molar-refractivity contribution in [2.24, 2.45) is 7.05 Å². The van der Waals surface area contributed by atoms with Crippen LogP contribution in [0.2, 0.25) is 0 Å². The summed E-state index contributed by atoms with van der Waals surface area (Å²) in [5.74, 6) is 1.58. The molecule has 2 aromatic rings. The third kappa shape index (κ3) is 3.90. The van der Waals surface area contributed by atoms with Crippen LogP contribution in [-0.4, -0.2) is 65.5 Å². The molecule has 1 N–H and O–H groups in total.